The Balaban J connectivity index is 1.32. The van der Waals surface area contributed by atoms with Gasteiger partial charge < -0.3 is 15.0 Å². The lowest BCUT2D eigenvalue weighted by Gasteiger charge is -2.27. The molecule has 2 aliphatic rings. The van der Waals surface area contributed by atoms with E-state index in [0.29, 0.717) is 36.7 Å². The van der Waals surface area contributed by atoms with Gasteiger partial charge in [0, 0.05) is 23.9 Å². The summed E-state index contributed by atoms with van der Waals surface area (Å²) in [7, 11) is 0. The van der Waals surface area contributed by atoms with Crippen molar-refractivity contribution in [2.75, 3.05) is 13.2 Å². The SMILES string of the molecule is CCOc1ncc(CC(=O)N2CCC[C@H]2C(=O)N[C@@H](c2ccccc2)c2ccc(C3CC3)c(F)n2)cc1C. The Bertz CT molecular complexity index is 1310. The van der Waals surface area contributed by atoms with Gasteiger partial charge in [-0.05, 0) is 68.7 Å². The molecule has 5 rings (SSSR count). The molecule has 1 aliphatic heterocycles. The first-order chi connectivity index (χ1) is 18.4. The number of ether oxygens (including phenoxy) is 1. The highest BCUT2D eigenvalue weighted by molar-refractivity contribution is 5.89. The Labute approximate surface area is 222 Å². The van der Waals surface area contributed by atoms with E-state index in [-0.39, 0.29) is 24.2 Å². The normalized spacial score (nSPS) is 17.8. The highest BCUT2D eigenvalue weighted by Gasteiger charge is 2.36. The highest BCUT2D eigenvalue weighted by Crippen LogP contribution is 2.41. The van der Waals surface area contributed by atoms with Gasteiger partial charge in [0.05, 0.1) is 24.8 Å². The molecule has 8 heteroatoms. The maximum absolute atomic E-state index is 14.8. The quantitative estimate of drug-likeness (QED) is 0.419. The van der Waals surface area contributed by atoms with Crippen molar-refractivity contribution in [3.63, 3.8) is 0 Å². The van der Waals surface area contributed by atoms with Crippen molar-refractivity contribution >= 4 is 11.8 Å². The zero-order chi connectivity index (χ0) is 26.6. The van der Waals surface area contributed by atoms with Crippen LogP contribution in [0.3, 0.4) is 0 Å². The number of aromatic nitrogens is 2. The van der Waals surface area contributed by atoms with Crippen molar-refractivity contribution in [2.45, 2.75) is 64.0 Å². The number of carbonyl (C=O) groups excluding carboxylic acids is 2. The standard InChI is InChI=1S/C30H33FN4O3/c1-3-38-30-19(2)16-20(18-32-30)17-26(36)35-15-7-10-25(35)29(37)34-27(22-8-5-4-6-9-22)24-14-13-23(21-11-12-21)28(31)33-24/h4-6,8-9,13-14,16,18,21,25,27H,3,7,10-12,15,17H2,1-2H3,(H,34,37)/t25-,27-/m0/s1. The predicted octanol–water partition coefficient (Wildman–Crippen LogP) is 4.64. The topological polar surface area (TPSA) is 84.4 Å². The Morgan fingerprint density at radius 3 is 2.63 bits per heavy atom. The van der Waals surface area contributed by atoms with E-state index in [4.69, 9.17) is 4.74 Å². The minimum atomic E-state index is -0.623. The lowest BCUT2D eigenvalue weighted by Crippen LogP contribution is -2.47. The van der Waals surface area contributed by atoms with Crippen LogP contribution in [0.5, 0.6) is 5.88 Å². The van der Waals surface area contributed by atoms with Crippen molar-refractivity contribution in [1.82, 2.24) is 20.2 Å². The summed E-state index contributed by atoms with van der Waals surface area (Å²) < 4.78 is 20.3. The second-order valence-corrected chi connectivity index (χ2v) is 10.1. The zero-order valence-corrected chi connectivity index (χ0v) is 21.8. The average Bonchev–Trinajstić information content (AvgIpc) is 3.63. The fourth-order valence-corrected chi connectivity index (χ4v) is 5.15. The summed E-state index contributed by atoms with van der Waals surface area (Å²) in [5, 5.41) is 3.07. The van der Waals surface area contributed by atoms with Gasteiger partial charge in [-0.3, -0.25) is 9.59 Å². The molecule has 1 aliphatic carbocycles. The molecule has 2 atom stereocenters. The third-order valence-corrected chi connectivity index (χ3v) is 7.23. The average molecular weight is 517 g/mol. The number of nitrogens with zero attached hydrogens (tertiary/aromatic N) is 3. The first-order valence-corrected chi connectivity index (χ1v) is 13.3. The van der Waals surface area contributed by atoms with Crippen molar-refractivity contribution in [2.24, 2.45) is 0 Å². The summed E-state index contributed by atoms with van der Waals surface area (Å²) >= 11 is 0. The predicted molar refractivity (Wildman–Crippen MR) is 141 cm³/mol. The molecule has 3 heterocycles. The fourth-order valence-electron chi connectivity index (χ4n) is 5.15. The van der Waals surface area contributed by atoms with Gasteiger partial charge in [0.2, 0.25) is 23.6 Å². The maximum atomic E-state index is 14.8. The van der Waals surface area contributed by atoms with Gasteiger partial charge in [-0.1, -0.05) is 36.4 Å². The van der Waals surface area contributed by atoms with Crippen LogP contribution in [0, 0.1) is 12.9 Å². The molecular weight excluding hydrogens is 483 g/mol. The molecule has 1 saturated heterocycles. The van der Waals surface area contributed by atoms with Crippen LogP contribution in [-0.2, 0) is 16.0 Å². The van der Waals surface area contributed by atoms with Crippen LogP contribution in [0.1, 0.15) is 72.5 Å². The molecule has 38 heavy (non-hydrogen) atoms. The zero-order valence-electron chi connectivity index (χ0n) is 21.8. The summed E-state index contributed by atoms with van der Waals surface area (Å²) in [6.45, 7) is 4.83. The highest BCUT2D eigenvalue weighted by atomic mass is 19.1. The van der Waals surface area contributed by atoms with Gasteiger partial charge in [0.15, 0.2) is 0 Å². The maximum Gasteiger partial charge on any atom is 0.243 e. The number of rotatable bonds is 9. The summed E-state index contributed by atoms with van der Waals surface area (Å²) in [5.74, 6) is -0.0588. The number of hydrogen-bond donors (Lipinski definition) is 1. The monoisotopic (exact) mass is 516 g/mol. The van der Waals surface area contributed by atoms with E-state index in [1.54, 1.807) is 23.2 Å². The number of likely N-dealkylation sites (tertiary alicyclic amines) is 1. The second-order valence-electron chi connectivity index (χ2n) is 10.1. The second kappa shape index (κ2) is 11.3. The van der Waals surface area contributed by atoms with E-state index in [0.717, 1.165) is 36.0 Å². The summed E-state index contributed by atoms with van der Waals surface area (Å²) in [6.07, 6.45) is 5.08. The third-order valence-electron chi connectivity index (χ3n) is 7.23. The van der Waals surface area contributed by atoms with E-state index in [2.05, 4.69) is 15.3 Å². The van der Waals surface area contributed by atoms with Gasteiger partial charge in [-0.2, -0.15) is 4.39 Å². The number of hydrogen-bond acceptors (Lipinski definition) is 5. The first-order valence-electron chi connectivity index (χ1n) is 13.3. The Morgan fingerprint density at radius 1 is 1.16 bits per heavy atom. The molecular formula is C30H33FN4O3. The largest absolute Gasteiger partial charge is 0.478 e. The van der Waals surface area contributed by atoms with Crippen LogP contribution in [-0.4, -0.2) is 45.9 Å². The van der Waals surface area contributed by atoms with Crippen LogP contribution >= 0.6 is 0 Å². The van der Waals surface area contributed by atoms with Gasteiger partial charge in [-0.15, -0.1) is 0 Å². The number of benzene rings is 1. The number of aryl methyl sites for hydroxylation is 1. The molecule has 3 aromatic rings. The fraction of sp³-hybridized carbons (Fsp3) is 0.400. The molecule has 1 aromatic carbocycles. The van der Waals surface area contributed by atoms with Crippen LogP contribution < -0.4 is 10.1 Å². The van der Waals surface area contributed by atoms with Crippen LogP contribution in [0.25, 0.3) is 0 Å². The molecule has 0 unspecified atom stereocenters. The molecule has 0 spiro atoms. The molecule has 2 amide bonds. The number of nitrogens with one attached hydrogen (secondary N) is 1. The lowest BCUT2D eigenvalue weighted by atomic mass is 10.0. The Kier molecular flexibility index (Phi) is 7.67. The Hall–Kier alpha value is -3.81. The van der Waals surface area contributed by atoms with E-state index < -0.39 is 18.0 Å². The minimum absolute atomic E-state index is 0.123. The summed E-state index contributed by atoms with van der Waals surface area (Å²) in [6, 6.07) is 13.7. The van der Waals surface area contributed by atoms with Gasteiger partial charge in [0.1, 0.15) is 6.04 Å². The lowest BCUT2D eigenvalue weighted by molar-refractivity contribution is -0.138. The molecule has 7 nitrogen and oxygen atoms in total. The van der Waals surface area contributed by atoms with Crippen LogP contribution in [0.4, 0.5) is 4.39 Å². The Morgan fingerprint density at radius 2 is 1.95 bits per heavy atom. The van der Waals surface area contributed by atoms with Gasteiger partial charge in [0.25, 0.3) is 0 Å². The van der Waals surface area contributed by atoms with E-state index in [9.17, 15) is 14.0 Å². The minimum Gasteiger partial charge on any atom is -0.478 e. The third kappa shape index (κ3) is 5.69. The van der Waals surface area contributed by atoms with E-state index in [1.165, 1.54) is 0 Å². The van der Waals surface area contributed by atoms with E-state index >= 15 is 0 Å². The molecule has 0 radical (unpaired) electrons. The molecule has 2 fully saturated rings. The molecule has 1 N–H and O–H groups in total. The molecule has 2 aromatic heterocycles. The van der Waals surface area contributed by atoms with Crippen LogP contribution in [0.15, 0.2) is 54.7 Å². The number of halogens is 1. The van der Waals surface area contributed by atoms with E-state index in [1.807, 2.05) is 50.2 Å². The molecule has 0 bridgehead atoms. The van der Waals surface area contributed by atoms with Crippen molar-refractivity contribution in [3.05, 3.63) is 88.6 Å². The van der Waals surface area contributed by atoms with Crippen molar-refractivity contribution in [1.29, 1.82) is 0 Å². The summed E-state index contributed by atoms with van der Waals surface area (Å²) in [5.41, 5.74) is 3.53. The molecule has 1 saturated carbocycles. The van der Waals surface area contributed by atoms with Gasteiger partial charge in [-0.25, -0.2) is 9.97 Å². The van der Waals surface area contributed by atoms with Crippen LogP contribution in [0.2, 0.25) is 0 Å². The van der Waals surface area contributed by atoms with Crippen molar-refractivity contribution < 1.29 is 18.7 Å². The molecule has 198 valence electrons. The first kappa shape index (κ1) is 25.8. The smallest absolute Gasteiger partial charge is 0.243 e. The number of amides is 2. The van der Waals surface area contributed by atoms with Gasteiger partial charge >= 0.3 is 0 Å². The number of pyridine rings is 2. The summed E-state index contributed by atoms with van der Waals surface area (Å²) in [4.78, 5) is 37.0. The van der Waals surface area contributed by atoms with Crippen molar-refractivity contribution in [3.8, 4) is 5.88 Å². The number of carbonyl (C=O) groups is 2.